The average molecular weight is 400 g/mol. The molecule has 0 saturated heterocycles. The number of hydrogen-bond donors (Lipinski definition) is 0. The molecule has 0 bridgehead atoms. The fraction of sp³-hybridized carbons (Fsp3) is 0.167. The number of ether oxygens (including phenoxy) is 2. The number of aryl methyl sites for hydroxylation is 1. The maximum Gasteiger partial charge on any atom is 0.282 e. The summed E-state index contributed by atoms with van der Waals surface area (Å²) in [7, 11) is 0. The predicted octanol–water partition coefficient (Wildman–Crippen LogP) is 3.12. The van der Waals surface area contributed by atoms with Gasteiger partial charge >= 0.3 is 0 Å². The van der Waals surface area contributed by atoms with E-state index in [1.165, 1.54) is 4.68 Å². The molecule has 25 heavy (non-hydrogen) atoms. The van der Waals surface area contributed by atoms with Crippen LogP contribution >= 0.6 is 15.9 Å². The third-order valence-electron chi connectivity index (χ3n) is 3.86. The van der Waals surface area contributed by atoms with Crippen molar-refractivity contribution in [1.29, 1.82) is 0 Å². The fourth-order valence-corrected chi connectivity index (χ4v) is 3.02. The van der Waals surface area contributed by atoms with Crippen LogP contribution in [0.3, 0.4) is 0 Å². The molecular weight excluding hydrogens is 386 g/mol. The summed E-state index contributed by atoms with van der Waals surface area (Å²) in [6, 6.07) is 11.0. The lowest BCUT2D eigenvalue weighted by atomic mass is 10.2. The highest BCUT2D eigenvalue weighted by molar-refractivity contribution is 9.10. The Hall–Kier alpha value is -2.67. The molecule has 0 N–H and O–H groups in total. The Morgan fingerprint density at radius 1 is 1.16 bits per heavy atom. The minimum absolute atomic E-state index is 0.211. The highest BCUT2D eigenvalue weighted by atomic mass is 79.9. The van der Waals surface area contributed by atoms with Gasteiger partial charge in [0, 0.05) is 4.47 Å². The number of fused-ring (bicyclic) bond motifs is 2. The first-order chi connectivity index (χ1) is 12.1. The van der Waals surface area contributed by atoms with Gasteiger partial charge in [0.1, 0.15) is 19.0 Å². The average Bonchev–Trinajstić information content (AvgIpc) is 2.62. The Morgan fingerprint density at radius 2 is 1.96 bits per heavy atom. The van der Waals surface area contributed by atoms with E-state index in [1.807, 2.05) is 30.3 Å². The fourth-order valence-electron chi connectivity index (χ4n) is 2.66. The van der Waals surface area contributed by atoms with Crippen LogP contribution in [0.2, 0.25) is 0 Å². The minimum atomic E-state index is -0.211. The first-order valence-electron chi connectivity index (χ1n) is 7.75. The van der Waals surface area contributed by atoms with Gasteiger partial charge in [0.2, 0.25) is 0 Å². The Balaban J connectivity index is 1.75. The molecule has 4 rings (SSSR count). The third kappa shape index (κ3) is 3.02. The summed E-state index contributed by atoms with van der Waals surface area (Å²) in [5.74, 6) is 1.92. The first kappa shape index (κ1) is 15.8. The summed E-state index contributed by atoms with van der Waals surface area (Å²) >= 11 is 3.38. The molecule has 0 amide bonds. The van der Waals surface area contributed by atoms with E-state index >= 15 is 0 Å². The van der Waals surface area contributed by atoms with E-state index in [0.717, 1.165) is 10.0 Å². The lowest BCUT2D eigenvalue weighted by Crippen LogP contribution is -2.20. The molecule has 7 heteroatoms. The summed E-state index contributed by atoms with van der Waals surface area (Å²) in [6.07, 6.45) is 1.61. The monoisotopic (exact) mass is 399 g/mol. The molecule has 1 aliphatic rings. The van der Waals surface area contributed by atoms with Crippen LogP contribution < -0.4 is 15.0 Å². The van der Waals surface area contributed by atoms with Crippen LogP contribution in [0.4, 0.5) is 0 Å². The van der Waals surface area contributed by atoms with Crippen LogP contribution in [0.15, 0.2) is 50.8 Å². The third-order valence-corrected chi connectivity index (χ3v) is 4.35. The summed E-state index contributed by atoms with van der Waals surface area (Å²) in [5.41, 5.74) is 1.25. The number of aromatic nitrogens is 2. The van der Waals surface area contributed by atoms with E-state index in [4.69, 9.17) is 9.47 Å². The molecule has 3 aromatic rings. The van der Waals surface area contributed by atoms with Gasteiger partial charge in [-0.15, -0.1) is 0 Å². The minimum Gasteiger partial charge on any atom is -0.486 e. The van der Waals surface area contributed by atoms with Gasteiger partial charge in [-0.25, -0.2) is 4.98 Å². The normalized spacial score (nSPS) is 13.5. The summed E-state index contributed by atoms with van der Waals surface area (Å²) in [6.45, 7) is 2.83. The van der Waals surface area contributed by atoms with Crippen molar-refractivity contribution >= 4 is 33.0 Å². The van der Waals surface area contributed by atoms with E-state index < -0.39 is 0 Å². The number of halogens is 1. The van der Waals surface area contributed by atoms with E-state index in [9.17, 15) is 4.79 Å². The maximum atomic E-state index is 12.7. The van der Waals surface area contributed by atoms with E-state index in [0.29, 0.717) is 41.4 Å². The zero-order valence-electron chi connectivity index (χ0n) is 13.4. The summed E-state index contributed by atoms with van der Waals surface area (Å²) in [5, 5.41) is 4.82. The van der Waals surface area contributed by atoms with Crippen molar-refractivity contribution in [2.45, 2.75) is 6.92 Å². The van der Waals surface area contributed by atoms with Crippen LogP contribution in [0.25, 0.3) is 10.9 Å². The van der Waals surface area contributed by atoms with Gasteiger partial charge in [-0.2, -0.15) is 9.78 Å². The van der Waals surface area contributed by atoms with Crippen LogP contribution in [-0.4, -0.2) is 29.1 Å². The molecule has 126 valence electrons. The quantitative estimate of drug-likeness (QED) is 0.620. The van der Waals surface area contributed by atoms with Crippen molar-refractivity contribution in [3.63, 3.8) is 0 Å². The topological polar surface area (TPSA) is 65.7 Å². The molecule has 0 fully saturated rings. The number of benzene rings is 2. The molecule has 2 aromatic carbocycles. The largest absolute Gasteiger partial charge is 0.486 e. The molecule has 6 nitrogen and oxygen atoms in total. The van der Waals surface area contributed by atoms with Crippen molar-refractivity contribution in [3.8, 4) is 11.5 Å². The van der Waals surface area contributed by atoms with E-state index in [2.05, 4.69) is 26.0 Å². The number of nitrogens with zero attached hydrogens (tertiary/aromatic N) is 3. The number of hydrogen-bond acceptors (Lipinski definition) is 5. The van der Waals surface area contributed by atoms with Crippen LogP contribution in [0.5, 0.6) is 11.5 Å². The molecule has 0 radical (unpaired) electrons. The second kappa shape index (κ2) is 6.33. The Kier molecular flexibility index (Phi) is 4.01. The summed E-state index contributed by atoms with van der Waals surface area (Å²) in [4.78, 5) is 17.1. The smallest absolute Gasteiger partial charge is 0.282 e. The van der Waals surface area contributed by atoms with Gasteiger partial charge in [-0.1, -0.05) is 15.9 Å². The van der Waals surface area contributed by atoms with Crippen LogP contribution in [-0.2, 0) is 0 Å². The van der Waals surface area contributed by atoms with Gasteiger partial charge < -0.3 is 9.47 Å². The molecule has 1 aliphatic heterocycles. The van der Waals surface area contributed by atoms with Gasteiger partial charge in [0.05, 0.1) is 17.1 Å². The van der Waals surface area contributed by atoms with Crippen LogP contribution in [0, 0.1) is 6.92 Å². The van der Waals surface area contributed by atoms with Crippen molar-refractivity contribution in [1.82, 2.24) is 9.66 Å². The van der Waals surface area contributed by atoms with Gasteiger partial charge in [0.15, 0.2) is 11.5 Å². The van der Waals surface area contributed by atoms with Crippen LogP contribution in [0.1, 0.15) is 11.4 Å². The molecule has 2 heterocycles. The zero-order valence-corrected chi connectivity index (χ0v) is 15.0. The Morgan fingerprint density at radius 3 is 2.80 bits per heavy atom. The van der Waals surface area contributed by atoms with E-state index in [1.54, 1.807) is 19.2 Å². The molecule has 1 aromatic heterocycles. The van der Waals surface area contributed by atoms with E-state index in [-0.39, 0.29) is 5.56 Å². The molecule has 0 aliphatic carbocycles. The Labute approximate surface area is 151 Å². The second-order valence-electron chi connectivity index (χ2n) is 5.59. The molecular formula is C18H14BrN3O3. The zero-order chi connectivity index (χ0) is 17.4. The molecule has 0 atom stereocenters. The van der Waals surface area contributed by atoms with Crippen molar-refractivity contribution in [2.24, 2.45) is 5.10 Å². The second-order valence-corrected chi connectivity index (χ2v) is 6.50. The SMILES string of the molecule is Cc1nc2ccc(Br)cc2c(=O)n1N=Cc1ccc2c(c1)OCCO2. The lowest BCUT2D eigenvalue weighted by molar-refractivity contribution is 0.171. The standard InChI is InChI=1S/C18H14BrN3O3/c1-11-21-15-4-3-13(19)9-14(15)18(23)22(11)20-10-12-2-5-16-17(8-12)25-7-6-24-16/h2-5,8-10H,6-7H2,1H3. The van der Waals surface area contributed by atoms with Gasteiger partial charge in [-0.05, 0) is 48.9 Å². The Bertz CT molecular complexity index is 1060. The van der Waals surface area contributed by atoms with Crippen molar-refractivity contribution < 1.29 is 9.47 Å². The molecule has 0 saturated carbocycles. The first-order valence-corrected chi connectivity index (χ1v) is 8.54. The van der Waals surface area contributed by atoms with Gasteiger partial charge in [0.25, 0.3) is 5.56 Å². The number of rotatable bonds is 2. The maximum absolute atomic E-state index is 12.7. The lowest BCUT2D eigenvalue weighted by Gasteiger charge is -2.18. The van der Waals surface area contributed by atoms with Crippen molar-refractivity contribution in [3.05, 3.63) is 62.6 Å². The van der Waals surface area contributed by atoms with Gasteiger partial charge in [-0.3, -0.25) is 4.79 Å². The summed E-state index contributed by atoms with van der Waals surface area (Å²) < 4.78 is 13.2. The van der Waals surface area contributed by atoms with Crippen molar-refractivity contribution in [2.75, 3.05) is 13.2 Å². The molecule has 0 spiro atoms. The molecule has 0 unspecified atom stereocenters. The highest BCUT2D eigenvalue weighted by Crippen LogP contribution is 2.30. The highest BCUT2D eigenvalue weighted by Gasteiger charge is 2.11. The predicted molar refractivity (Wildman–Crippen MR) is 98.9 cm³/mol.